The van der Waals surface area contributed by atoms with E-state index in [1.165, 1.54) is 6.26 Å². The summed E-state index contributed by atoms with van der Waals surface area (Å²) >= 11 is 0. The quantitative estimate of drug-likeness (QED) is 0.400. The first-order valence-corrected chi connectivity index (χ1v) is 10.2. The molecule has 0 aliphatic carbocycles. The summed E-state index contributed by atoms with van der Waals surface area (Å²) in [6.45, 7) is 2.37. The highest BCUT2D eigenvalue weighted by Crippen LogP contribution is 2.20. The topological polar surface area (TPSA) is 74.6 Å². The van der Waals surface area contributed by atoms with E-state index in [1.807, 2.05) is 67.6 Å². The van der Waals surface area contributed by atoms with Gasteiger partial charge in [-0.2, -0.15) is 0 Å². The van der Waals surface area contributed by atoms with Crippen molar-refractivity contribution in [3.05, 3.63) is 120 Å². The monoisotopic (exact) mass is 425 g/mol. The van der Waals surface area contributed by atoms with Crippen LogP contribution in [0.15, 0.2) is 102 Å². The van der Waals surface area contributed by atoms with Crippen LogP contribution in [0.3, 0.4) is 0 Å². The van der Waals surface area contributed by atoms with Crippen molar-refractivity contribution in [1.29, 1.82) is 0 Å². The first kappa shape index (κ1) is 20.9. The van der Waals surface area contributed by atoms with E-state index in [1.54, 1.807) is 35.3 Å². The van der Waals surface area contributed by atoms with Gasteiger partial charge in [0.15, 0.2) is 5.76 Å². The third kappa shape index (κ3) is 5.05. The van der Waals surface area contributed by atoms with Crippen LogP contribution >= 0.6 is 0 Å². The number of benzene rings is 3. The summed E-state index contributed by atoms with van der Waals surface area (Å²) in [5.74, 6) is -0.443. The third-order valence-electron chi connectivity index (χ3n) is 4.98. The van der Waals surface area contributed by atoms with E-state index in [2.05, 4.69) is 10.7 Å². The van der Waals surface area contributed by atoms with Crippen LogP contribution in [0.4, 0.5) is 11.4 Å². The molecular weight excluding hydrogens is 402 g/mol. The van der Waals surface area contributed by atoms with Gasteiger partial charge in [0.05, 0.1) is 18.5 Å². The van der Waals surface area contributed by atoms with Gasteiger partial charge in [-0.3, -0.25) is 20.0 Å². The highest BCUT2D eigenvalue weighted by molar-refractivity contribution is 6.04. The number of hydrazine groups is 1. The largest absolute Gasteiger partial charge is 0.459 e. The Bertz CT molecular complexity index is 1190. The fraction of sp³-hybridized carbons (Fsp3) is 0.0769. The summed E-state index contributed by atoms with van der Waals surface area (Å²) in [6, 6.07) is 28.0. The fourth-order valence-electron chi connectivity index (χ4n) is 3.25. The zero-order chi connectivity index (χ0) is 22.3. The van der Waals surface area contributed by atoms with Crippen LogP contribution in [0.5, 0.6) is 0 Å². The second kappa shape index (κ2) is 9.66. The number of carbonyl (C=O) groups excluding carboxylic acids is 2. The van der Waals surface area contributed by atoms with Gasteiger partial charge >= 0.3 is 0 Å². The van der Waals surface area contributed by atoms with Crippen molar-refractivity contribution in [1.82, 2.24) is 5.43 Å². The molecule has 0 saturated carbocycles. The van der Waals surface area contributed by atoms with Gasteiger partial charge in [-0.25, -0.2) is 0 Å². The molecule has 0 atom stereocenters. The van der Waals surface area contributed by atoms with Gasteiger partial charge in [-0.05, 0) is 54.4 Å². The van der Waals surface area contributed by atoms with Crippen LogP contribution in [0.1, 0.15) is 32.0 Å². The Kier molecular flexibility index (Phi) is 6.32. The molecule has 0 unspecified atom stereocenters. The number of para-hydroxylation sites is 1. The zero-order valence-electron chi connectivity index (χ0n) is 17.6. The summed E-state index contributed by atoms with van der Waals surface area (Å²) in [5, 5.41) is 4.61. The normalized spacial score (nSPS) is 10.4. The molecule has 0 aliphatic rings. The number of hydrogen-bond acceptors (Lipinski definition) is 4. The predicted octanol–water partition coefficient (Wildman–Crippen LogP) is 5.19. The third-order valence-corrected chi connectivity index (χ3v) is 4.98. The number of amides is 2. The molecule has 6 heteroatoms. The lowest BCUT2D eigenvalue weighted by Gasteiger charge is -2.26. The smallest absolute Gasteiger partial charge is 0.291 e. The minimum atomic E-state index is -0.370. The number of furan rings is 1. The number of anilines is 2. The van der Waals surface area contributed by atoms with Crippen molar-refractivity contribution >= 4 is 23.2 Å². The molecule has 1 aromatic heterocycles. The van der Waals surface area contributed by atoms with Crippen LogP contribution < -0.4 is 15.8 Å². The Balaban J connectivity index is 1.54. The van der Waals surface area contributed by atoms with Gasteiger partial charge in [0, 0.05) is 11.3 Å². The molecule has 0 saturated heterocycles. The Morgan fingerprint density at radius 1 is 0.844 bits per heavy atom. The molecule has 0 aliphatic heterocycles. The molecule has 0 spiro atoms. The summed E-state index contributed by atoms with van der Waals surface area (Å²) in [5.41, 5.74) is 6.73. The predicted molar refractivity (Wildman–Crippen MR) is 124 cm³/mol. The molecule has 3 aromatic carbocycles. The Labute approximate surface area is 186 Å². The van der Waals surface area contributed by atoms with Gasteiger partial charge in [-0.15, -0.1) is 0 Å². The molecule has 2 N–H and O–H groups in total. The molecule has 1 heterocycles. The Morgan fingerprint density at radius 3 is 2.25 bits per heavy atom. The van der Waals surface area contributed by atoms with Crippen LogP contribution in [0.2, 0.25) is 0 Å². The highest BCUT2D eigenvalue weighted by atomic mass is 16.3. The molecular formula is C26H23N3O3. The maximum absolute atomic E-state index is 13.1. The number of aryl methyl sites for hydroxylation is 1. The second-order valence-corrected chi connectivity index (χ2v) is 7.31. The van der Waals surface area contributed by atoms with Crippen molar-refractivity contribution in [3.63, 3.8) is 0 Å². The molecule has 0 radical (unpaired) electrons. The van der Waals surface area contributed by atoms with Crippen LogP contribution in [-0.2, 0) is 6.54 Å². The minimum absolute atomic E-state index is 0.206. The molecule has 32 heavy (non-hydrogen) atoms. The summed E-state index contributed by atoms with van der Waals surface area (Å²) in [6.07, 6.45) is 1.44. The SMILES string of the molecule is Cc1ccc(C(=O)NN(Cc2ccccc2)c2ccccc2)cc1NC(=O)c1ccco1. The summed E-state index contributed by atoms with van der Waals surface area (Å²) < 4.78 is 5.15. The van der Waals surface area contributed by atoms with Crippen molar-refractivity contribution in [2.45, 2.75) is 13.5 Å². The van der Waals surface area contributed by atoms with Gasteiger partial charge in [0.1, 0.15) is 0 Å². The first-order chi connectivity index (χ1) is 15.6. The molecule has 2 amide bonds. The number of rotatable bonds is 7. The average molecular weight is 425 g/mol. The number of nitrogens with one attached hydrogen (secondary N) is 2. The Hall–Kier alpha value is -4.32. The highest BCUT2D eigenvalue weighted by Gasteiger charge is 2.16. The number of hydrogen-bond donors (Lipinski definition) is 2. The standard InChI is InChI=1S/C26H23N3O3/c1-19-14-15-21(17-23(19)27-26(31)24-13-8-16-32-24)25(30)28-29(22-11-6-3-7-12-22)18-20-9-4-2-5-10-20/h2-17H,18H2,1H3,(H,27,31)(H,28,30). The van der Waals surface area contributed by atoms with Gasteiger partial charge in [-0.1, -0.05) is 54.6 Å². The zero-order valence-corrected chi connectivity index (χ0v) is 17.6. The summed E-state index contributed by atoms with van der Waals surface area (Å²) in [4.78, 5) is 25.5. The van der Waals surface area contributed by atoms with Gasteiger partial charge in [0.25, 0.3) is 11.8 Å². The molecule has 0 fully saturated rings. The van der Waals surface area contributed by atoms with Crippen molar-refractivity contribution < 1.29 is 14.0 Å². The molecule has 4 aromatic rings. The minimum Gasteiger partial charge on any atom is -0.459 e. The van der Waals surface area contributed by atoms with Crippen molar-refractivity contribution in [3.8, 4) is 0 Å². The second-order valence-electron chi connectivity index (χ2n) is 7.31. The maximum atomic E-state index is 13.1. The van der Waals surface area contributed by atoms with E-state index < -0.39 is 0 Å². The van der Waals surface area contributed by atoms with E-state index in [-0.39, 0.29) is 17.6 Å². The van der Waals surface area contributed by atoms with Crippen LogP contribution in [-0.4, -0.2) is 11.8 Å². The van der Waals surface area contributed by atoms with Crippen LogP contribution in [0.25, 0.3) is 0 Å². The Morgan fingerprint density at radius 2 is 1.56 bits per heavy atom. The molecule has 4 rings (SSSR count). The summed E-state index contributed by atoms with van der Waals surface area (Å²) in [7, 11) is 0. The molecule has 160 valence electrons. The lowest BCUT2D eigenvalue weighted by molar-refractivity contribution is 0.0946. The van der Waals surface area contributed by atoms with Crippen molar-refractivity contribution in [2.75, 3.05) is 10.3 Å². The molecule has 6 nitrogen and oxygen atoms in total. The van der Waals surface area contributed by atoms with Crippen molar-refractivity contribution in [2.24, 2.45) is 0 Å². The lowest BCUT2D eigenvalue weighted by Crippen LogP contribution is -2.42. The number of nitrogens with zero attached hydrogens (tertiary/aromatic N) is 1. The average Bonchev–Trinajstić information content (AvgIpc) is 3.36. The fourth-order valence-corrected chi connectivity index (χ4v) is 3.25. The van der Waals surface area contributed by atoms with Crippen LogP contribution in [0, 0.1) is 6.92 Å². The van der Waals surface area contributed by atoms with E-state index >= 15 is 0 Å². The molecule has 0 bridgehead atoms. The van der Waals surface area contributed by atoms with E-state index in [0.29, 0.717) is 17.8 Å². The van der Waals surface area contributed by atoms with E-state index in [4.69, 9.17) is 4.42 Å². The van der Waals surface area contributed by atoms with E-state index in [0.717, 1.165) is 16.8 Å². The first-order valence-electron chi connectivity index (χ1n) is 10.2. The van der Waals surface area contributed by atoms with Gasteiger partial charge in [0.2, 0.25) is 0 Å². The maximum Gasteiger partial charge on any atom is 0.291 e. The number of carbonyl (C=O) groups is 2. The van der Waals surface area contributed by atoms with Gasteiger partial charge < -0.3 is 9.73 Å². The lowest BCUT2D eigenvalue weighted by atomic mass is 10.1. The van der Waals surface area contributed by atoms with E-state index in [9.17, 15) is 9.59 Å².